The number of fused-ring (bicyclic) bond motifs is 1. The molecule has 42 heavy (non-hydrogen) atoms. The molecule has 0 radical (unpaired) electrons. The van der Waals surface area contributed by atoms with Gasteiger partial charge in [-0.1, -0.05) is 55.9 Å². The number of carbonyl (C=O) groups is 2. The summed E-state index contributed by atoms with van der Waals surface area (Å²) >= 11 is 1.54. The summed E-state index contributed by atoms with van der Waals surface area (Å²) in [6.07, 6.45) is 1.49. The number of pyridine rings is 1. The largest absolute Gasteiger partial charge is 0.346 e. The van der Waals surface area contributed by atoms with Crippen LogP contribution in [0.5, 0.6) is 0 Å². The molecule has 0 unspecified atom stereocenters. The molecule has 5 rings (SSSR count). The number of rotatable bonds is 9. The van der Waals surface area contributed by atoms with Crippen molar-refractivity contribution in [3.05, 3.63) is 108 Å². The van der Waals surface area contributed by atoms with Crippen LogP contribution in [-0.2, 0) is 4.79 Å². The zero-order valence-electron chi connectivity index (χ0n) is 23.9. The van der Waals surface area contributed by atoms with Crippen molar-refractivity contribution in [3.63, 3.8) is 0 Å². The zero-order valence-corrected chi connectivity index (χ0v) is 24.7. The maximum atomic E-state index is 13.3. The standard InChI is InChI=1S/C33H32N6O2S/c1-20(2)28-16-15-27-31(38-28)34-19-35-32(27)39-29-18-24(33(41)36-21(3)23-8-6-5-7-9-23)10-17-30(29)42-26-13-11-25(12-14-26)37-22(4)40/h5-21H,1-4H3,(H,36,41)(H,37,40)(H,34,35,38,39)/t21-/m0/s1. The Bertz CT molecular complexity index is 1720. The van der Waals surface area contributed by atoms with Crippen molar-refractivity contribution in [2.45, 2.75) is 49.4 Å². The topological polar surface area (TPSA) is 109 Å². The van der Waals surface area contributed by atoms with Gasteiger partial charge in [0.2, 0.25) is 5.91 Å². The highest BCUT2D eigenvalue weighted by Crippen LogP contribution is 2.37. The first kappa shape index (κ1) is 28.8. The molecule has 9 heteroatoms. The fourth-order valence-corrected chi connectivity index (χ4v) is 5.29. The Balaban J connectivity index is 1.48. The van der Waals surface area contributed by atoms with Crippen LogP contribution in [0.1, 0.15) is 61.3 Å². The van der Waals surface area contributed by atoms with Gasteiger partial charge in [-0.25, -0.2) is 15.0 Å². The third-order valence-electron chi connectivity index (χ3n) is 6.65. The molecule has 3 N–H and O–H groups in total. The molecule has 212 valence electrons. The molecule has 3 aromatic carbocycles. The van der Waals surface area contributed by atoms with Crippen LogP contribution in [0.25, 0.3) is 11.0 Å². The lowest BCUT2D eigenvalue weighted by Crippen LogP contribution is -2.26. The third kappa shape index (κ3) is 6.92. The van der Waals surface area contributed by atoms with Crippen LogP contribution in [0.4, 0.5) is 17.2 Å². The predicted octanol–water partition coefficient (Wildman–Crippen LogP) is 7.49. The number of carbonyl (C=O) groups excluding carboxylic acids is 2. The molecule has 2 heterocycles. The lowest BCUT2D eigenvalue weighted by Gasteiger charge is -2.17. The summed E-state index contributed by atoms with van der Waals surface area (Å²) in [5.41, 5.74) is 4.55. The van der Waals surface area contributed by atoms with E-state index >= 15 is 0 Å². The predicted molar refractivity (Wildman–Crippen MR) is 168 cm³/mol. The Labute approximate surface area is 249 Å². The maximum Gasteiger partial charge on any atom is 0.251 e. The summed E-state index contributed by atoms with van der Waals surface area (Å²) < 4.78 is 0. The molecule has 0 saturated heterocycles. The van der Waals surface area contributed by atoms with E-state index in [0.29, 0.717) is 17.0 Å². The number of aromatic nitrogens is 3. The van der Waals surface area contributed by atoms with Crippen LogP contribution >= 0.6 is 11.8 Å². The van der Waals surface area contributed by atoms with Crippen molar-refractivity contribution in [1.29, 1.82) is 0 Å². The van der Waals surface area contributed by atoms with Gasteiger partial charge < -0.3 is 16.0 Å². The van der Waals surface area contributed by atoms with Gasteiger partial charge in [-0.2, -0.15) is 0 Å². The SMILES string of the molecule is CC(=O)Nc1ccc(Sc2ccc(C(=O)N[C@@H](C)c3ccccc3)cc2Nc2ncnc3nc(C(C)C)ccc23)cc1. The Kier molecular flexibility index (Phi) is 8.78. The third-order valence-corrected chi connectivity index (χ3v) is 7.74. The first-order valence-corrected chi connectivity index (χ1v) is 14.5. The van der Waals surface area contributed by atoms with E-state index in [2.05, 4.69) is 39.8 Å². The normalized spacial score (nSPS) is 11.7. The van der Waals surface area contributed by atoms with Crippen molar-refractivity contribution < 1.29 is 9.59 Å². The summed E-state index contributed by atoms with van der Waals surface area (Å²) in [6.45, 7) is 7.63. The van der Waals surface area contributed by atoms with Crippen LogP contribution in [0.3, 0.4) is 0 Å². The minimum atomic E-state index is -0.179. The molecule has 2 aromatic heterocycles. The Morgan fingerprint density at radius 3 is 2.33 bits per heavy atom. The van der Waals surface area contributed by atoms with Crippen molar-refractivity contribution in [2.75, 3.05) is 10.6 Å². The van der Waals surface area contributed by atoms with Crippen LogP contribution in [0.15, 0.2) is 101 Å². The summed E-state index contributed by atoms with van der Waals surface area (Å²) in [5.74, 6) is 0.570. The number of anilines is 3. The van der Waals surface area contributed by atoms with Gasteiger partial charge in [-0.15, -0.1) is 0 Å². The molecule has 0 aliphatic rings. The number of hydrogen-bond acceptors (Lipinski definition) is 7. The van der Waals surface area contributed by atoms with E-state index in [1.165, 1.54) is 25.0 Å². The van der Waals surface area contributed by atoms with E-state index < -0.39 is 0 Å². The lowest BCUT2D eigenvalue weighted by molar-refractivity contribution is -0.114. The molecule has 1 atom stereocenters. The molecule has 0 aliphatic carbocycles. The molecular weight excluding hydrogens is 544 g/mol. The van der Waals surface area contributed by atoms with Gasteiger partial charge in [0.15, 0.2) is 5.65 Å². The molecule has 0 aliphatic heterocycles. The number of benzene rings is 3. The highest BCUT2D eigenvalue weighted by atomic mass is 32.2. The summed E-state index contributed by atoms with van der Waals surface area (Å²) in [7, 11) is 0. The smallest absolute Gasteiger partial charge is 0.251 e. The summed E-state index contributed by atoms with van der Waals surface area (Å²) in [6, 6.07) is 26.9. The second kappa shape index (κ2) is 12.8. The maximum absolute atomic E-state index is 13.3. The minimum Gasteiger partial charge on any atom is -0.346 e. The first-order chi connectivity index (χ1) is 20.3. The zero-order chi connectivity index (χ0) is 29.6. The van der Waals surface area contributed by atoms with Crippen LogP contribution < -0.4 is 16.0 Å². The average molecular weight is 577 g/mol. The average Bonchev–Trinajstić information content (AvgIpc) is 2.99. The second-order valence-corrected chi connectivity index (χ2v) is 11.3. The van der Waals surface area contributed by atoms with E-state index in [9.17, 15) is 9.59 Å². The van der Waals surface area contributed by atoms with Crippen molar-refractivity contribution >= 4 is 51.8 Å². The fraction of sp³-hybridized carbons (Fsp3) is 0.182. The summed E-state index contributed by atoms with van der Waals surface area (Å²) in [5, 5.41) is 10.1. The minimum absolute atomic E-state index is 0.121. The van der Waals surface area contributed by atoms with Crippen molar-refractivity contribution in [3.8, 4) is 0 Å². The Morgan fingerprint density at radius 1 is 0.857 bits per heavy atom. The number of amides is 2. The molecule has 0 bridgehead atoms. The molecule has 2 amide bonds. The van der Waals surface area contributed by atoms with E-state index in [-0.39, 0.29) is 23.8 Å². The van der Waals surface area contributed by atoms with E-state index in [4.69, 9.17) is 4.98 Å². The van der Waals surface area contributed by atoms with E-state index in [1.54, 1.807) is 0 Å². The second-order valence-electron chi connectivity index (χ2n) is 10.2. The summed E-state index contributed by atoms with van der Waals surface area (Å²) in [4.78, 5) is 40.2. The monoisotopic (exact) mass is 576 g/mol. The van der Waals surface area contributed by atoms with Crippen LogP contribution in [0, 0.1) is 0 Å². The van der Waals surface area contributed by atoms with E-state index in [1.807, 2.05) is 91.9 Å². The van der Waals surface area contributed by atoms with Gasteiger partial charge >= 0.3 is 0 Å². The molecule has 0 fully saturated rings. The van der Waals surface area contributed by atoms with Crippen LogP contribution in [-0.4, -0.2) is 26.8 Å². The van der Waals surface area contributed by atoms with Crippen molar-refractivity contribution in [1.82, 2.24) is 20.3 Å². The molecular formula is C33H32N6O2S. The first-order valence-electron chi connectivity index (χ1n) is 13.7. The highest BCUT2D eigenvalue weighted by Gasteiger charge is 2.16. The molecule has 8 nitrogen and oxygen atoms in total. The Morgan fingerprint density at radius 2 is 1.62 bits per heavy atom. The number of nitrogens with one attached hydrogen (secondary N) is 3. The van der Waals surface area contributed by atoms with Gasteiger partial charge in [-0.05, 0) is 73.0 Å². The van der Waals surface area contributed by atoms with Gasteiger partial charge in [0, 0.05) is 33.7 Å². The van der Waals surface area contributed by atoms with Gasteiger partial charge in [0.1, 0.15) is 12.1 Å². The quantitative estimate of drug-likeness (QED) is 0.167. The van der Waals surface area contributed by atoms with Gasteiger partial charge in [0.25, 0.3) is 5.91 Å². The van der Waals surface area contributed by atoms with Gasteiger partial charge in [-0.3, -0.25) is 9.59 Å². The van der Waals surface area contributed by atoms with E-state index in [0.717, 1.165) is 37.8 Å². The fourth-order valence-electron chi connectivity index (χ4n) is 4.41. The number of hydrogen-bond donors (Lipinski definition) is 3. The lowest BCUT2D eigenvalue weighted by atomic mass is 10.1. The highest BCUT2D eigenvalue weighted by molar-refractivity contribution is 7.99. The molecule has 5 aromatic rings. The molecule has 0 spiro atoms. The van der Waals surface area contributed by atoms with Crippen molar-refractivity contribution in [2.24, 2.45) is 0 Å². The van der Waals surface area contributed by atoms with Crippen LogP contribution in [0.2, 0.25) is 0 Å². The Hall–Kier alpha value is -4.76. The molecule has 0 saturated carbocycles. The van der Waals surface area contributed by atoms with Gasteiger partial charge in [0.05, 0.1) is 17.1 Å². The number of nitrogens with zero attached hydrogens (tertiary/aromatic N) is 3.